The number of methoxy groups -OCH3 is 1. The first-order chi connectivity index (χ1) is 15.8. The van der Waals surface area contributed by atoms with E-state index < -0.39 is 17.8 Å². The molecule has 0 bridgehead atoms. The van der Waals surface area contributed by atoms with Crippen molar-refractivity contribution in [3.63, 3.8) is 0 Å². The van der Waals surface area contributed by atoms with Crippen LogP contribution in [0.1, 0.15) is 33.3 Å². The number of aryl methyl sites for hydroxylation is 2. The average molecular weight is 466 g/mol. The molecule has 3 rings (SSSR count). The molecule has 33 heavy (non-hydrogen) atoms. The van der Waals surface area contributed by atoms with E-state index in [1.54, 1.807) is 48.7 Å². The second-order valence-electron chi connectivity index (χ2n) is 7.14. The zero-order valence-electron chi connectivity index (χ0n) is 18.6. The summed E-state index contributed by atoms with van der Waals surface area (Å²) in [7, 11) is 1.45. The molecule has 0 aliphatic rings. The Balaban J connectivity index is 1.66. The number of carbonyl (C=O) groups is 3. The molecule has 0 saturated heterocycles. The lowest BCUT2D eigenvalue weighted by Crippen LogP contribution is -2.33. The van der Waals surface area contributed by atoms with E-state index in [0.717, 1.165) is 11.1 Å². The molecule has 0 unspecified atom stereocenters. The summed E-state index contributed by atoms with van der Waals surface area (Å²) in [5.74, 6) is -1.63. The van der Waals surface area contributed by atoms with Gasteiger partial charge in [-0.1, -0.05) is 18.2 Å². The minimum absolute atomic E-state index is 0.254. The van der Waals surface area contributed by atoms with Crippen molar-refractivity contribution in [1.29, 1.82) is 0 Å². The second kappa shape index (κ2) is 10.6. The monoisotopic (exact) mass is 465 g/mol. The average Bonchev–Trinajstić information content (AvgIpc) is 3.35. The molecular formula is C24H23N3O5S. The number of anilines is 1. The van der Waals surface area contributed by atoms with E-state index in [0.29, 0.717) is 27.6 Å². The molecule has 3 aromatic rings. The van der Waals surface area contributed by atoms with E-state index in [1.807, 2.05) is 26.0 Å². The fourth-order valence-corrected chi connectivity index (χ4v) is 3.42. The first-order valence-electron chi connectivity index (χ1n) is 9.95. The molecule has 170 valence electrons. The lowest BCUT2D eigenvalue weighted by molar-refractivity contribution is -0.136. The largest absolute Gasteiger partial charge is 0.493 e. The number of rotatable bonds is 6. The van der Waals surface area contributed by atoms with E-state index in [9.17, 15) is 14.4 Å². The van der Waals surface area contributed by atoms with Crippen molar-refractivity contribution in [2.75, 3.05) is 12.4 Å². The van der Waals surface area contributed by atoms with Crippen molar-refractivity contribution in [2.45, 2.75) is 20.8 Å². The maximum atomic E-state index is 12.2. The summed E-state index contributed by atoms with van der Waals surface area (Å²) >= 11 is 1.28. The number of ether oxygens (including phenoxy) is 2. The fourth-order valence-electron chi connectivity index (χ4n) is 2.82. The normalized spacial score (nSPS) is 11.0. The molecule has 0 fully saturated rings. The summed E-state index contributed by atoms with van der Waals surface area (Å²) in [6, 6.07) is 13.9. The Hall–Kier alpha value is -3.98. The third-order valence-corrected chi connectivity index (χ3v) is 5.53. The molecule has 0 atom stereocenters. The summed E-state index contributed by atoms with van der Waals surface area (Å²) < 4.78 is 10.7. The predicted octanol–water partition coefficient (Wildman–Crippen LogP) is 4.07. The zero-order chi connectivity index (χ0) is 24.0. The topological polar surface area (TPSA) is 106 Å². The van der Waals surface area contributed by atoms with Gasteiger partial charge in [-0.05, 0) is 67.6 Å². The molecule has 8 nitrogen and oxygen atoms in total. The van der Waals surface area contributed by atoms with Crippen LogP contribution in [0.5, 0.6) is 11.5 Å². The molecule has 2 aromatic carbocycles. The summed E-state index contributed by atoms with van der Waals surface area (Å²) in [6.07, 6.45) is 0. The second-order valence-corrected chi connectivity index (χ2v) is 8.09. The minimum Gasteiger partial charge on any atom is -0.493 e. The van der Waals surface area contributed by atoms with Crippen LogP contribution in [0, 0.1) is 13.8 Å². The van der Waals surface area contributed by atoms with Gasteiger partial charge >= 0.3 is 17.8 Å². The Morgan fingerprint density at radius 1 is 0.970 bits per heavy atom. The quantitative estimate of drug-likeness (QED) is 0.188. The highest BCUT2D eigenvalue weighted by Gasteiger charge is 2.16. The molecular weight excluding hydrogens is 442 g/mol. The Bertz CT molecular complexity index is 1220. The number of nitrogens with zero attached hydrogens (tertiary/aromatic N) is 1. The van der Waals surface area contributed by atoms with E-state index in [-0.39, 0.29) is 5.75 Å². The summed E-state index contributed by atoms with van der Waals surface area (Å²) in [5.41, 5.74) is 5.65. The third kappa shape index (κ3) is 6.05. The lowest BCUT2D eigenvalue weighted by Gasteiger charge is -2.11. The van der Waals surface area contributed by atoms with Crippen molar-refractivity contribution in [1.82, 2.24) is 5.43 Å². The Labute approximate surface area is 195 Å². The maximum absolute atomic E-state index is 12.2. The van der Waals surface area contributed by atoms with E-state index in [2.05, 4.69) is 15.8 Å². The summed E-state index contributed by atoms with van der Waals surface area (Å²) in [4.78, 5) is 37.1. The van der Waals surface area contributed by atoms with Gasteiger partial charge in [0.05, 0.1) is 12.8 Å². The first kappa shape index (κ1) is 23.7. The van der Waals surface area contributed by atoms with Crippen LogP contribution in [0.4, 0.5) is 5.69 Å². The smallest absolute Gasteiger partial charge is 0.353 e. The molecule has 2 amide bonds. The van der Waals surface area contributed by atoms with Crippen LogP contribution in [0.3, 0.4) is 0 Å². The van der Waals surface area contributed by atoms with E-state index in [1.165, 1.54) is 18.4 Å². The van der Waals surface area contributed by atoms with Crippen molar-refractivity contribution in [2.24, 2.45) is 5.10 Å². The molecule has 2 N–H and O–H groups in total. The van der Waals surface area contributed by atoms with Crippen LogP contribution in [0.15, 0.2) is 59.0 Å². The first-order valence-corrected chi connectivity index (χ1v) is 10.8. The standard InChI is InChI=1S/C24H23N3O5S/c1-14-7-8-15(2)18(12-14)25-22(28)23(29)27-26-16(3)17-9-10-19(20(13-17)31-4)32-24(30)21-6-5-11-33-21/h5-13H,1-4H3,(H,25,28)(H,27,29). The van der Waals surface area contributed by atoms with Crippen molar-refractivity contribution in [3.8, 4) is 11.5 Å². The Morgan fingerprint density at radius 2 is 1.76 bits per heavy atom. The van der Waals surface area contributed by atoms with E-state index in [4.69, 9.17) is 9.47 Å². The van der Waals surface area contributed by atoms with Gasteiger partial charge in [-0.2, -0.15) is 5.10 Å². The number of benzene rings is 2. The van der Waals surface area contributed by atoms with Gasteiger partial charge in [0, 0.05) is 11.3 Å². The molecule has 1 aromatic heterocycles. The van der Waals surface area contributed by atoms with Crippen LogP contribution in [-0.4, -0.2) is 30.6 Å². The third-order valence-electron chi connectivity index (χ3n) is 4.68. The van der Waals surface area contributed by atoms with Gasteiger partial charge in [-0.15, -0.1) is 11.3 Å². The Kier molecular flexibility index (Phi) is 7.57. The van der Waals surface area contributed by atoms with Crippen LogP contribution in [0.25, 0.3) is 0 Å². The van der Waals surface area contributed by atoms with Gasteiger partial charge in [0.1, 0.15) is 4.88 Å². The molecule has 0 aliphatic heterocycles. The number of esters is 1. The van der Waals surface area contributed by atoms with Crippen LogP contribution < -0.4 is 20.2 Å². The molecule has 0 aliphatic carbocycles. The molecule has 1 heterocycles. The van der Waals surface area contributed by atoms with Gasteiger partial charge in [-0.3, -0.25) is 9.59 Å². The van der Waals surface area contributed by atoms with Gasteiger partial charge < -0.3 is 14.8 Å². The Morgan fingerprint density at radius 3 is 2.45 bits per heavy atom. The van der Waals surface area contributed by atoms with Gasteiger partial charge in [0.25, 0.3) is 0 Å². The summed E-state index contributed by atoms with van der Waals surface area (Å²) in [6.45, 7) is 5.39. The van der Waals surface area contributed by atoms with Crippen molar-refractivity contribution < 1.29 is 23.9 Å². The van der Waals surface area contributed by atoms with E-state index >= 15 is 0 Å². The van der Waals surface area contributed by atoms with Gasteiger partial charge in [0.2, 0.25) is 0 Å². The van der Waals surface area contributed by atoms with Crippen molar-refractivity contribution >= 4 is 40.5 Å². The highest BCUT2D eigenvalue weighted by Crippen LogP contribution is 2.29. The lowest BCUT2D eigenvalue weighted by atomic mass is 10.1. The predicted molar refractivity (Wildman–Crippen MR) is 127 cm³/mol. The molecule has 9 heteroatoms. The number of amides is 2. The molecule has 0 radical (unpaired) electrons. The van der Waals surface area contributed by atoms with Crippen LogP contribution in [-0.2, 0) is 9.59 Å². The molecule has 0 spiro atoms. The van der Waals surface area contributed by atoms with Crippen LogP contribution >= 0.6 is 11.3 Å². The highest BCUT2D eigenvalue weighted by molar-refractivity contribution is 7.12. The van der Waals surface area contributed by atoms with Gasteiger partial charge in [0.15, 0.2) is 11.5 Å². The number of thiophene rings is 1. The minimum atomic E-state index is -0.899. The number of hydrogen-bond donors (Lipinski definition) is 2. The fraction of sp³-hybridized carbons (Fsp3) is 0.167. The van der Waals surface area contributed by atoms with Crippen molar-refractivity contribution in [3.05, 3.63) is 75.5 Å². The summed E-state index contributed by atoms with van der Waals surface area (Å²) in [5, 5.41) is 8.37. The number of nitrogens with one attached hydrogen (secondary N) is 2. The SMILES string of the molecule is COc1cc(C(C)=NNC(=O)C(=O)Nc2cc(C)ccc2C)ccc1OC(=O)c1cccs1. The van der Waals surface area contributed by atoms with Gasteiger partial charge in [-0.25, -0.2) is 10.2 Å². The van der Waals surface area contributed by atoms with Crippen LogP contribution in [0.2, 0.25) is 0 Å². The maximum Gasteiger partial charge on any atom is 0.353 e. The molecule has 0 saturated carbocycles. The number of hydrazone groups is 1. The highest BCUT2D eigenvalue weighted by atomic mass is 32.1. The number of hydrogen-bond acceptors (Lipinski definition) is 7. The number of carbonyl (C=O) groups excluding carboxylic acids is 3. The zero-order valence-corrected chi connectivity index (χ0v) is 19.4.